The molecule has 0 spiro atoms. The molecule has 21 heavy (non-hydrogen) atoms. The van der Waals surface area contributed by atoms with Crippen molar-refractivity contribution in [3.8, 4) is 0 Å². The lowest BCUT2D eigenvalue weighted by Crippen LogP contribution is -2.56. The molecule has 0 aromatic rings. The van der Waals surface area contributed by atoms with E-state index < -0.39 is 5.60 Å². The average Bonchev–Trinajstić information content (AvgIpc) is 2.48. The number of piperidine rings is 1. The predicted molar refractivity (Wildman–Crippen MR) is 84.7 cm³/mol. The molecule has 6 nitrogen and oxygen atoms in total. The van der Waals surface area contributed by atoms with Crippen LogP contribution in [0.15, 0.2) is 0 Å². The minimum atomic E-state index is -0.774. The number of hydrogen-bond donors (Lipinski definition) is 1. The summed E-state index contributed by atoms with van der Waals surface area (Å²) in [5.41, 5.74) is -0.774. The molecule has 0 unspecified atom stereocenters. The van der Waals surface area contributed by atoms with Gasteiger partial charge in [-0.2, -0.15) is 0 Å². The molecule has 7 heteroatoms. The molecular weight excluding hydrogens is 294 g/mol. The van der Waals surface area contributed by atoms with Crippen molar-refractivity contribution in [3.05, 3.63) is 0 Å². The van der Waals surface area contributed by atoms with Gasteiger partial charge < -0.3 is 19.9 Å². The number of amides is 2. The summed E-state index contributed by atoms with van der Waals surface area (Å²) in [7, 11) is 3.25. The first-order valence-corrected chi connectivity index (χ1v) is 7.30. The smallest absolute Gasteiger partial charge is 0.255 e. The topological polar surface area (TPSA) is 61.9 Å². The average molecular weight is 322 g/mol. The van der Waals surface area contributed by atoms with Crippen LogP contribution in [0.3, 0.4) is 0 Å². The van der Waals surface area contributed by atoms with Crippen LogP contribution in [-0.2, 0) is 14.3 Å². The van der Waals surface area contributed by atoms with E-state index in [9.17, 15) is 9.59 Å². The predicted octanol–water partition coefficient (Wildman–Crippen LogP) is 0.504. The number of nitrogens with zero attached hydrogens (tertiary/aromatic N) is 2. The zero-order valence-electron chi connectivity index (χ0n) is 13.5. The first-order valence-electron chi connectivity index (χ1n) is 7.30. The second-order valence-corrected chi connectivity index (χ2v) is 5.18. The maximum absolute atomic E-state index is 12.6. The molecule has 0 aromatic heterocycles. The van der Waals surface area contributed by atoms with Crippen LogP contribution in [0.25, 0.3) is 0 Å². The second-order valence-electron chi connectivity index (χ2n) is 5.18. The number of methoxy groups -OCH3 is 1. The van der Waals surface area contributed by atoms with Gasteiger partial charge in [-0.25, -0.2) is 0 Å². The molecule has 124 valence electrons. The molecule has 0 saturated carbocycles. The zero-order chi connectivity index (χ0) is 15.2. The highest BCUT2D eigenvalue weighted by Gasteiger charge is 2.41. The van der Waals surface area contributed by atoms with Gasteiger partial charge in [0, 0.05) is 27.2 Å². The van der Waals surface area contributed by atoms with Crippen LogP contribution in [-0.4, -0.2) is 74.1 Å². The summed E-state index contributed by atoms with van der Waals surface area (Å²) in [6, 6.07) is 0. The third-order valence-electron chi connectivity index (χ3n) is 4.03. The summed E-state index contributed by atoms with van der Waals surface area (Å²) in [5, 5.41) is 3.22. The molecule has 0 atom stereocenters. The first-order chi connectivity index (χ1) is 9.50. The summed E-state index contributed by atoms with van der Waals surface area (Å²) in [6.45, 7) is 6.83. The fourth-order valence-electron chi connectivity index (χ4n) is 2.63. The van der Waals surface area contributed by atoms with E-state index in [-0.39, 0.29) is 30.8 Å². The quantitative estimate of drug-likeness (QED) is 0.774. The monoisotopic (exact) mass is 321 g/mol. The molecule has 1 heterocycles. The number of rotatable bonds is 6. The third-order valence-corrected chi connectivity index (χ3v) is 4.03. The minimum Gasteiger partial charge on any atom is -0.368 e. The van der Waals surface area contributed by atoms with Gasteiger partial charge in [0.05, 0.1) is 6.54 Å². The number of nitrogens with one attached hydrogen (secondary N) is 1. The number of ether oxygens (including phenoxy) is 1. The van der Waals surface area contributed by atoms with Crippen molar-refractivity contribution in [3.63, 3.8) is 0 Å². The van der Waals surface area contributed by atoms with Crippen molar-refractivity contribution in [1.82, 2.24) is 15.1 Å². The normalized spacial score (nSPS) is 16.8. The summed E-state index contributed by atoms with van der Waals surface area (Å²) < 4.78 is 5.50. The van der Waals surface area contributed by atoms with Crippen molar-refractivity contribution in [2.45, 2.75) is 32.3 Å². The SMILES string of the molecule is CCN(CC)C(=O)CN(C)C(=O)C1(OC)CCNCC1.Cl. The standard InChI is InChI=1S/C14H27N3O3.ClH/c1-5-17(6-2)12(18)11-16(3)13(19)14(20-4)7-9-15-10-8-14;/h15H,5-11H2,1-4H3;1H. The van der Waals surface area contributed by atoms with E-state index >= 15 is 0 Å². The van der Waals surface area contributed by atoms with Gasteiger partial charge in [0.2, 0.25) is 5.91 Å². The Morgan fingerprint density at radius 1 is 1.19 bits per heavy atom. The van der Waals surface area contributed by atoms with Crippen LogP contribution in [0.1, 0.15) is 26.7 Å². The van der Waals surface area contributed by atoms with E-state index in [0.717, 1.165) is 13.1 Å². The highest BCUT2D eigenvalue weighted by molar-refractivity contribution is 5.89. The van der Waals surface area contributed by atoms with Gasteiger partial charge in [0.1, 0.15) is 5.60 Å². The van der Waals surface area contributed by atoms with Crippen LogP contribution in [0.4, 0.5) is 0 Å². The molecule has 2 amide bonds. The molecule has 1 N–H and O–H groups in total. The van der Waals surface area contributed by atoms with Crippen molar-refractivity contribution in [2.75, 3.05) is 46.9 Å². The maximum atomic E-state index is 12.6. The van der Waals surface area contributed by atoms with Gasteiger partial charge >= 0.3 is 0 Å². The summed E-state index contributed by atoms with van der Waals surface area (Å²) in [4.78, 5) is 27.9. The van der Waals surface area contributed by atoms with E-state index in [0.29, 0.717) is 25.9 Å². The van der Waals surface area contributed by atoms with Gasteiger partial charge in [0.25, 0.3) is 5.91 Å². The Hall–Kier alpha value is -0.850. The van der Waals surface area contributed by atoms with Crippen molar-refractivity contribution < 1.29 is 14.3 Å². The highest BCUT2D eigenvalue weighted by atomic mass is 35.5. The minimum absolute atomic E-state index is 0. The van der Waals surface area contributed by atoms with E-state index in [1.165, 1.54) is 4.90 Å². The third kappa shape index (κ3) is 4.83. The van der Waals surface area contributed by atoms with Crippen LogP contribution >= 0.6 is 12.4 Å². The van der Waals surface area contributed by atoms with Crippen LogP contribution < -0.4 is 5.32 Å². The summed E-state index contributed by atoms with van der Waals surface area (Å²) in [5.74, 6) is -0.118. The van der Waals surface area contributed by atoms with E-state index in [2.05, 4.69) is 5.32 Å². The molecule has 0 radical (unpaired) electrons. The molecule has 1 saturated heterocycles. The Labute approximate surface area is 133 Å². The van der Waals surface area contributed by atoms with Gasteiger partial charge in [-0.05, 0) is 39.8 Å². The fraction of sp³-hybridized carbons (Fsp3) is 0.857. The molecule has 1 rings (SSSR count). The van der Waals surface area contributed by atoms with Crippen molar-refractivity contribution in [1.29, 1.82) is 0 Å². The number of likely N-dealkylation sites (N-methyl/N-ethyl adjacent to an activating group) is 2. The van der Waals surface area contributed by atoms with Gasteiger partial charge in [-0.1, -0.05) is 0 Å². The van der Waals surface area contributed by atoms with Crippen LogP contribution in [0.2, 0.25) is 0 Å². The maximum Gasteiger partial charge on any atom is 0.255 e. The summed E-state index contributed by atoms with van der Waals surface area (Å²) in [6.07, 6.45) is 1.29. The molecular formula is C14H28ClN3O3. The Morgan fingerprint density at radius 2 is 1.71 bits per heavy atom. The lowest BCUT2D eigenvalue weighted by atomic mass is 9.90. The Kier molecular flexibility index (Phi) is 8.85. The lowest BCUT2D eigenvalue weighted by molar-refractivity contribution is -0.159. The first kappa shape index (κ1) is 20.1. The molecule has 1 aliphatic heterocycles. The fourth-order valence-corrected chi connectivity index (χ4v) is 2.63. The molecule has 1 fully saturated rings. The number of halogens is 1. The number of carbonyl (C=O) groups excluding carboxylic acids is 2. The zero-order valence-corrected chi connectivity index (χ0v) is 14.3. The Balaban J connectivity index is 0.00000400. The van der Waals surface area contributed by atoms with E-state index in [1.807, 2.05) is 13.8 Å². The van der Waals surface area contributed by atoms with Gasteiger partial charge in [-0.15, -0.1) is 12.4 Å². The van der Waals surface area contributed by atoms with Gasteiger partial charge in [-0.3, -0.25) is 9.59 Å². The Bertz CT molecular complexity index is 342. The second kappa shape index (κ2) is 9.23. The van der Waals surface area contributed by atoms with Crippen LogP contribution in [0, 0.1) is 0 Å². The highest BCUT2D eigenvalue weighted by Crippen LogP contribution is 2.24. The van der Waals surface area contributed by atoms with Crippen LogP contribution in [0.5, 0.6) is 0 Å². The Morgan fingerprint density at radius 3 is 2.14 bits per heavy atom. The number of hydrogen-bond acceptors (Lipinski definition) is 4. The van der Waals surface area contributed by atoms with E-state index in [1.54, 1.807) is 19.1 Å². The molecule has 0 bridgehead atoms. The largest absolute Gasteiger partial charge is 0.368 e. The summed E-state index contributed by atoms with van der Waals surface area (Å²) >= 11 is 0. The van der Waals surface area contributed by atoms with E-state index in [4.69, 9.17) is 4.74 Å². The van der Waals surface area contributed by atoms with Gasteiger partial charge in [0.15, 0.2) is 0 Å². The number of carbonyl (C=O) groups is 2. The molecule has 1 aliphatic rings. The molecule has 0 aromatic carbocycles. The van der Waals surface area contributed by atoms with Crippen molar-refractivity contribution >= 4 is 24.2 Å². The molecule has 0 aliphatic carbocycles. The lowest BCUT2D eigenvalue weighted by Gasteiger charge is -2.37. The van der Waals surface area contributed by atoms with Crippen molar-refractivity contribution in [2.24, 2.45) is 0 Å².